The van der Waals surface area contributed by atoms with E-state index >= 15 is 0 Å². The van der Waals surface area contributed by atoms with Crippen LogP contribution in [0.15, 0.2) is 48.5 Å². The lowest BCUT2D eigenvalue weighted by molar-refractivity contribution is -0.138. The molecule has 2 aliphatic heterocycles. The molecule has 2 aromatic rings. The van der Waals surface area contributed by atoms with Gasteiger partial charge in [0.05, 0.1) is 12.7 Å². The highest BCUT2D eigenvalue weighted by Crippen LogP contribution is 2.39. The van der Waals surface area contributed by atoms with Gasteiger partial charge in [-0.25, -0.2) is 0 Å². The maximum Gasteiger partial charge on any atom is 0.263 e. The zero-order valence-corrected chi connectivity index (χ0v) is 20.6. The van der Waals surface area contributed by atoms with Gasteiger partial charge in [0.2, 0.25) is 0 Å². The summed E-state index contributed by atoms with van der Waals surface area (Å²) in [6.45, 7) is 3.90. The number of hydrogen-bond acceptors (Lipinski definition) is 4. The summed E-state index contributed by atoms with van der Waals surface area (Å²) in [5, 5.41) is 0. The van der Waals surface area contributed by atoms with Crippen molar-refractivity contribution in [1.29, 1.82) is 0 Å². The minimum Gasteiger partial charge on any atom is -0.496 e. The van der Waals surface area contributed by atoms with Gasteiger partial charge in [-0.15, -0.1) is 0 Å². The Morgan fingerprint density at radius 2 is 1.74 bits per heavy atom. The van der Waals surface area contributed by atoms with Gasteiger partial charge in [0.15, 0.2) is 6.10 Å². The van der Waals surface area contributed by atoms with E-state index in [0.29, 0.717) is 30.9 Å². The van der Waals surface area contributed by atoms with Gasteiger partial charge in [0, 0.05) is 26.7 Å². The summed E-state index contributed by atoms with van der Waals surface area (Å²) in [6, 6.07) is 15.4. The first-order chi connectivity index (χ1) is 16.4. The SMILES string of the molecule is COc1ccccc1C(=O)N1CCC2(CCCCc3ccccc3O[C@H](C)C(=O)N(C)C2)CC1. The maximum atomic E-state index is 13.2. The Labute approximate surface area is 202 Å². The van der Waals surface area contributed by atoms with E-state index in [4.69, 9.17) is 9.47 Å². The van der Waals surface area contributed by atoms with Gasteiger partial charge in [-0.1, -0.05) is 36.8 Å². The van der Waals surface area contributed by atoms with Crippen molar-refractivity contribution in [2.75, 3.05) is 33.8 Å². The molecule has 0 saturated carbocycles. The predicted molar refractivity (Wildman–Crippen MR) is 132 cm³/mol. The number of likely N-dealkylation sites (N-methyl/N-ethyl adjacent to an activating group) is 1. The topological polar surface area (TPSA) is 59.1 Å². The highest BCUT2D eigenvalue weighted by atomic mass is 16.5. The van der Waals surface area contributed by atoms with Gasteiger partial charge < -0.3 is 19.3 Å². The van der Waals surface area contributed by atoms with Crippen LogP contribution in [0.5, 0.6) is 11.5 Å². The van der Waals surface area contributed by atoms with E-state index in [2.05, 4.69) is 6.07 Å². The highest BCUT2D eigenvalue weighted by molar-refractivity contribution is 5.97. The molecular weight excluding hydrogens is 428 g/mol. The van der Waals surface area contributed by atoms with Crippen LogP contribution in [-0.4, -0.2) is 61.5 Å². The quantitative estimate of drug-likeness (QED) is 0.653. The number of methoxy groups -OCH3 is 1. The number of piperidine rings is 1. The molecule has 0 aliphatic carbocycles. The summed E-state index contributed by atoms with van der Waals surface area (Å²) in [6.07, 6.45) is 5.41. The highest BCUT2D eigenvalue weighted by Gasteiger charge is 2.38. The summed E-state index contributed by atoms with van der Waals surface area (Å²) in [4.78, 5) is 30.1. The third kappa shape index (κ3) is 5.21. The van der Waals surface area contributed by atoms with Crippen molar-refractivity contribution in [3.8, 4) is 11.5 Å². The summed E-state index contributed by atoms with van der Waals surface area (Å²) in [5.74, 6) is 1.44. The molecule has 182 valence electrons. The molecule has 2 amide bonds. The molecule has 1 spiro atoms. The molecule has 34 heavy (non-hydrogen) atoms. The first kappa shape index (κ1) is 24.1. The van der Waals surface area contributed by atoms with Gasteiger partial charge in [0.1, 0.15) is 11.5 Å². The summed E-state index contributed by atoms with van der Waals surface area (Å²) < 4.78 is 11.5. The van der Waals surface area contributed by atoms with E-state index in [1.165, 1.54) is 0 Å². The lowest BCUT2D eigenvalue weighted by Crippen LogP contribution is -2.50. The second-order valence-electron chi connectivity index (χ2n) is 9.76. The number of benzene rings is 2. The molecule has 6 nitrogen and oxygen atoms in total. The third-order valence-electron chi connectivity index (χ3n) is 7.42. The Bertz CT molecular complexity index is 1010. The van der Waals surface area contributed by atoms with Gasteiger partial charge >= 0.3 is 0 Å². The average molecular weight is 465 g/mol. The second kappa shape index (κ2) is 10.5. The largest absolute Gasteiger partial charge is 0.496 e. The Hall–Kier alpha value is -3.02. The molecule has 6 heteroatoms. The van der Waals surface area contributed by atoms with Gasteiger partial charge in [0.25, 0.3) is 11.8 Å². The molecule has 0 N–H and O–H groups in total. The first-order valence-electron chi connectivity index (χ1n) is 12.3. The number of fused-ring (bicyclic) bond motifs is 1. The van der Waals surface area contributed by atoms with E-state index in [1.54, 1.807) is 7.11 Å². The summed E-state index contributed by atoms with van der Waals surface area (Å²) >= 11 is 0. The molecule has 0 unspecified atom stereocenters. The standard InChI is InChI=1S/C28H36N2O4/c1-21-26(31)29(2)20-28(15-9-8-11-22-10-4-6-13-24(22)34-21)16-18-30(19-17-28)27(32)23-12-5-7-14-25(23)33-3/h4-7,10,12-14,21H,8-9,11,15-20H2,1-3H3/t21-/m1/s1. The normalized spacial score (nSPS) is 21.1. The van der Waals surface area contributed by atoms with Crippen LogP contribution in [0.1, 0.15) is 54.9 Å². The van der Waals surface area contributed by atoms with Gasteiger partial charge in [-0.2, -0.15) is 0 Å². The van der Waals surface area contributed by atoms with Crippen LogP contribution in [-0.2, 0) is 11.2 Å². The van der Waals surface area contributed by atoms with Crippen LogP contribution in [0.2, 0.25) is 0 Å². The molecule has 1 fully saturated rings. The van der Waals surface area contributed by atoms with Crippen molar-refractivity contribution in [2.24, 2.45) is 5.41 Å². The number of rotatable bonds is 2. The van der Waals surface area contributed by atoms with Gasteiger partial charge in [-0.3, -0.25) is 9.59 Å². The number of amides is 2. The molecule has 0 bridgehead atoms. The number of carbonyl (C=O) groups excluding carboxylic acids is 2. The number of hydrogen-bond donors (Lipinski definition) is 0. The second-order valence-corrected chi connectivity index (χ2v) is 9.76. The molecule has 1 atom stereocenters. The first-order valence-corrected chi connectivity index (χ1v) is 12.3. The monoisotopic (exact) mass is 464 g/mol. The van der Waals surface area contributed by atoms with E-state index < -0.39 is 6.10 Å². The van der Waals surface area contributed by atoms with E-state index in [0.717, 1.165) is 49.8 Å². The number of ether oxygens (including phenoxy) is 2. The van der Waals surface area contributed by atoms with Crippen molar-refractivity contribution in [1.82, 2.24) is 9.80 Å². The molecule has 0 aromatic heterocycles. The number of para-hydroxylation sites is 2. The zero-order valence-electron chi connectivity index (χ0n) is 20.6. The molecule has 1 saturated heterocycles. The van der Waals surface area contributed by atoms with E-state index in [9.17, 15) is 9.59 Å². The Morgan fingerprint density at radius 3 is 2.50 bits per heavy atom. The molecule has 2 aromatic carbocycles. The fourth-order valence-electron chi connectivity index (χ4n) is 5.44. The predicted octanol–water partition coefficient (Wildman–Crippen LogP) is 4.57. The number of aryl methyl sites for hydroxylation is 1. The number of carbonyl (C=O) groups is 2. The molecule has 0 radical (unpaired) electrons. The van der Waals surface area contributed by atoms with E-state index in [-0.39, 0.29) is 17.2 Å². The fourth-order valence-corrected chi connectivity index (χ4v) is 5.44. The smallest absolute Gasteiger partial charge is 0.263 e. The third-order valence-corrected chi connectivity index (χ3v) is 7.42. The Morgan fingerprint density at radius 1 is 1.03 bits per heavy atom. The van der Waals surface area contributed by atoms with Crippen molar-refractivity contribution in [2.45, 2.75) is 51.6 Å². The minimum absolute atomic E-state index is 0.00211. The lowest BCUT2D eigenvalue weighted by atomic mass is 9.73. The zero-order chi connectivity index (χ0) is 24.1. The van der Waals surface area contributed by atoms with Crippen LogP contribution in [0.25, 0.3) is 0 Å². The van der Waals surface area contributed by atoms with Crippen LogP contribution >= 0.6 is 0 Å². The van der Waals surface area contributed by atoms with Crippen molar-refractivity contribution >= 4 is 11.8 Å². The van der Waals surface area contributed by atoms with Crippen LogP contribution in [0.3, 0.4) is 0 Å². The van der Waals surface area contributed by atoms with Crippen LogP contribution in [0, 0.1) is 5.41 Å². The molecular formula is C28H36N2O4. The molecule has 2 aliphatic rings. The Kier molecular flexibility index (Phi) is 7.44. The van der Waals surface area contributed by atoms with E-state index in [1.807, 2.05) is 66.2 Å². The Balaban J connectivity index is 1.48. The minimum atomic E-state index is -0.533. The molecule has 4 rings (SSSR count). The lowest BCUT2D eigenvalue weighted by Gasteiger charge is -2.44. The summed E-state index contributed by atoms with van der Waals surface area (Å²) in [5.41, 5.74) is 1.79. The number of nitrogens with zero attached hydrogens (tertiary/aromatic N) is 2. The number of likely N-dealkylation sites (tertiary alicyclic amines) is 1. The van der Waals surface area contributed by atoms with Crippen molar-refractivity contribution in [3.05, 3.63) is 59.7 Å². The van der Waals surface area contributed by atoms with Crippen molar-refractivity contribution in [3.63, 3.8) is 0 Å². The average Bonchev–Trinajstić information content (AvgIpc) is 2.86. The van der Waals surface area contributed by atoms with Crippen LogP contribution in [0.4, 0.5) is 0 Å². The van der Waals surface area contributed by atoms with Crippen molar-refractivity contribution < 1.29 is 19.1 Å². The van der Waals surface area contributed by atoms with Gasteiger partial charge in [-0.05, 0) is 68.2 Å². The molecule has 2 heterocycles. The fraction of sp³-hybridized carbons (Fsp3) is 0.500. The summed E-state index contributed by atoms with van der Waals surface area (Å²) in [7, 11) is 3.48. The van der Waals surface area contributed by atoms with Crippen LogP contribution < -0.4 is 9.47 Å². The maximum absolute atomic E-state index is 13.2.